The second kappa shape index (κ2) is 59.7. The molecule has 1 atom stereocenters. The zero-order chi connectivity index (χ0) is 50.7. The Balaban J connectivity index is 3.98. The number of carbonyl (C=O) groups is 3. The molecule has 0 aliphatic carbocycles. The minimum Gasteiger partial charge on any atom is -0.462 e. The smallest absolute Gasteiger partial charge is 0.306 e. The molecule has 1 unspecified atom stereocenters. The Morgan fingerprint density at radius 1 is 0.271 bits per heavy atom. The van der Waals surface area contributed by atoms with E-state index >= 15 is 0 Å². The number of ether oxygens (including phenoxy) is 3. The summed E-state index contributed by atoms with van der Waals surface area (Å²) in [5, 5.41) is 0. The fourth-order valence-corrected chi connectivity index (χ4v) is 9.74. The van der Waals surface area contributed by atoms with E-state index in [0.29, 0.717) is 19.3 Å². The van der Waals surface area contributed by atoms with Gasteiger partial charge in [0.2, 0.25) is 0 Å². The summed E-state index contributed by atoms with van der Waals surface area (Å²) in [7, 11) is 0. The second-order valence-electron chi connectivity index (χ2n) is 21.7. The van der Waals surface area contributed by atoms with Crippen LogP contribution in [0.2, 0.25) is 0 Å². The first-order valence-electron chi connectivity index (χ1n) is 31.7. The fourth-order valence-electron chi connectivity index (χ4n) is 9.74. The van der Waals surface area contributed by atoms with E-state index in [9.17, 15) is 14.4 Å². The number of hydrogen-bond donors (Lipinski definition) is 0. The Kier molecular flexibility index (Phi) is 58.1. The monoisotopic (exact) mass is 987 g/mol. The van der Waals surface area contributed by atoms with Crippen molar-refractivity contribution in [1.82, 2.24) is 0 Å². The first kappa shape index (κ1) is 68.2. The van der Waals surface area contributed by atoms with Crippen molar-refractivity contribution >= 4 is 17.9 Å². The number of esters is 3. The minimum absolute atomic E-state index is 0.0653. The molecule has 0 radical (unpaired) electrons. The highest BCUT2D eigenvalue weighted by Crippen LogP contribution is 2.18. The van der Waals surface area contributed by atoms with E-state index in [4.69, 9.17) is 14.2 Å². The summed E-state index contributed by atoms with van der Waals surface area (Å²) >= 11 is 0. The van der Waals surface area contributed by atoms with Gasteiger partial charge in [0.25, 0.3) is 0 Å². The molecule has 0 spiro atoms. The lowest BCUT2D eigenvalue weighted by atomic mass is 10.0. The summed E-state index contributed by atoms with van der Waals surface area (Å²) in [5.41, 5.74) is 0. The lowest BCUT2D eigenvalue weighted by molar-refractivity contribution is -0.167. The van der Waals surface area contributed by atoms with Crippen LogP contribution < -0.4 is 0 Å². The van der Waals surface area contributed by atoms with Crippen molar-refractivity contribution in [2.24, 2.45) is 0 Å². The van der Waals surface area contributed by atoms with Crippen molar-refractivity contribution in [1.29, 1.82) is 0 Å². The van der Waals surface area contributed by atoms with Crippen molar-refractivity contribution in [3.05, 3.63) is 12.2 Å². The van der Waals surface area contributed by atoms with Crippen LogP contribution in [0.25, 0.3) is 0 Å². The summed E-state index contributed by atoms with van der Waals surface area (Å²) in [5.74, 6) is -0.855. The van der Waals surface area contributed by atoms with Crippen LogP contribution in [-0.2, 0) is 28.6 Å². The standard InChI is InChI=1S/C64H122O6/c1-4-7-10-13-15-17-19-21-23-25-27-29-31-33-34-36-38-40-42-44-46-48-51-54-57-63(66)69-60-61(59-68-62(65)56-53-50-12-9-6-3)70-64(67)58-55-52-49-47-45-43-41-39-37-35-32-30-28-26-24-22-20-18-16-14-11-8-5-2/h26,28,61H,4-25,27,29-60H2,1-3H3/b28-26-. The summed E-state index contributed by atoms with van der Waals surface area (Å²) in [6.07, 6.45) is 69.9. The van der Waals surface area contributed by atoms with Gasteiger partial charge < -0.3 is 14.2 Å². The van der Waals surface area contributed by atoms with Crippen molar-refractivity contribution in [2.75, 3.05) is 13.2 Å². The maximum absolute atomic E-state index is 12.8. The van der Waals surface area contributed by atoms with Crippen LogP contribution in [0.1, 0.15) is 361 Å². The number of allylic oxidation sites excluding steroid dienone is 2. The van der Waals surface area contributed by atoms with Gasteiger partial charge in [0.15, 0.2) is 6.10 Å². The molecule has 0 aromatic heterocycles. The molecular weight excluding hydrogens is 865 g/mol. The van der Waals surface area contributed by atoms with Crippen molar-refractivity contribution in [3.63, 3.8) is 0 Å². The van der Waals surface area contributed by atoms with Crippen molar-refractivity contribution < 1.29 is 28.6 Å². The van der Waals surface area contributed by atoms with Gasteiger partial charge in [-0.05, 0) is 44.9 Å². The second-order valence-corrected chi connectivity index (χ2v) is 21.7. The molecule has 6 heteroatoms. The molecule has 0 aromatic carbocycles. The zero-order valence-corrected chi connectivity index (χ0v) is 47.6. The Morgan fingerprint density at radius 2 is 0.471 bits per heavy atom. The molecule has 0 aliphatic rings. The molecule has 0 amide bonds. The number of unbranched alkanes of at least 4 members (excludes halogenated alkanes) is 46. The van der Waals surface area contributed by atoms with E-state index < -0.39 is 6.10 Å². The highest BCUT2D eigenvalue weighted by Gasteiger charge is 2.19. The van der Waals surface area contributed by atoms with Crippen LogP contribution in [0.3, 0.4) is 0 Å². The maximum atomic E-state index is 12.8. The van der Waals surface area contributed by atoms with Crippen LogP contribution >= 0.6 is 0 Å². The summed E-state index contributed by atoms with van der Waals surface area (Å²) in [6.45, 7) is 6.62. The molecule has 0 bridgehead atoms. The van der Waals surface area contributed by atoms with E-state index in [-0.39, 0.29) is 31.1 Å². The molecule has 0 fully saturated rings. The summed E-state index contributed by atoms with van der Waals surface area (Å²) in [4.78, 5) is 37.9. The van der Waals surface area contributed by atoms with Gasteiger partial charge in [0, 0.05) is 19.3 Å². The van der Waals surface area contributed by atoms with E-state index in [1.54, 1.807) is 0 Å². The first-order valence-corrected chi connectivity index (χ1v) is 31.7. The van der Waals surface area contributed by atoms with Gasteiger partial charge in [-0.3, -0.25) is 14.4 Å². The van der Waals surface area contributed by atoms with Gasteiger partial charge in [-0.1, -0.05) is 309 Å². The summed E-state index contributed by atoms with van der Waals surface area (Å²) in [6, 6.07) is 0. The Labute approximate surface area is 437 Å². The zero-order valence-electron chi connectivity index (χ0n) is 47.6. The number of carbonyl (C=O) groups excluding carboxylic acids is 3. The van der Waals surface area contributed by atoms with Gasteiger partial charge in [-0.2, -0.15) is 0 Å². The molecule has 0 aromatic rings. The quantitative estimate of drug-likeness (QED) is 0.0261. The van der Waals surface area contributed by atoms with Gasteiger partial charge in [0.05, 0.1) is 0 Å². The Bertz CT molecular complexity index is 1090. The Morgan fingerprint density at radius 3 is 0.714 bits per heavy atom. The SMILES string of the molecule is CCCCCCCCCC/C=C\CCCCCCCCCCCCCC(=O)OC(COC(=O)CCCCCCC)COC(=O)CCCCCCCCCCCCCCCCCCCCCCCCCC. The van der Waals surface area contributed by atoms with Gasteiger partial charge >= 0.3 is 17.9 Å². The van der Waals surface area contributed by atoms with Crippen LogP contribution in [0.5, 0.6) is 0 Å². The molecular formula is C64H122O6. The van der Waals surface area contributed by atoms with Crippen molar-refractivity contribution in [2.45, 2.75) is 367 Å². The largest absolute Gasteiger partial charge is 0.462 e. The minimum atomic E-state index is -0.763. The molecule has 0 rings (SSSR count). The van der Waals surface area contributed by atoms with E-state index in [2.05, 4.69) is 32.9 Å². The van der Waals surface area contributed by atoms with E-state index in [1.807, 2.05) is 0 Å². The molecule has 70 heavy (non-hydrogen) atoms. The lowest BCUT2D eigenvalue weighted by Crippen LogP contribution is -2.30. The molecule has 0 heterocycles. The predicted molar refractivity (Wildman–Crippen MR) is 303 cm³/mol. The van der Waals surface area contributed by atoms with E-state index in [0.717, 1.165) is 64.2 Å². The third-order valence-electron chi connectivity index (χ3n) is 14.5. The Hall–Kier alpha value is -1.85. The average Bonchev–Trinajstić information content (AvgIpc) is 3.36. The highest BCUT2D eigenvalue weighted by atomic mass is 16.6. The molecule has 414 valence electrons. The maximum Gasteiger partial charge on any atom is 0.306 e. The lowest BCUT2D eigenvalue weighted by Gasteiger charge is -2.18. The summed E-state index contributed by atoms with van der Waals surface area (Å²) < 4.78 is 16.8. The first-order chi connectivity index (χ1) is 34.5. The molecule has 0 N–H and O–H groups in total. The third-order valence-corrected chi connectivity index (χ3v) is 14.5. The molecule has 6 nitrogen and oxygen atoms in total. The van der Waals surface area contributed by atoms with Gasteiger partial charge in [0.1, 0.15) is 13.2 Å². The third kappa shape index (κ3) is 57.1. The predicted octanol–water partition coefficient (Wildman–Crippen LogP) is 21.3. The van der Waals surface area contributed by atoms with Crippen LogP contribution in [0, 0.1) is 0 Å². The molecule has 0 saturated heterocycles. The topological polar surface area (TPSA) is 78.9 Å². The number of hydrogen-bond acceptors (Lipinski definition) is 6. The average molecular weight is 988 g/mol. The van der Waals surface area contributed by atoms with Crippen LogP contribution in [0.4, 0.5) is 0 Å². The highest BCUT2D eigenvalue weighted by molar-refractivity contribution is 5.71. The fraction of sp³-hybridized carbons (Fsp3) is 0.922. The molecule has 0 aliphatic heterocycles. The number of rotatable bonds is 59. The van der Waals surface area contributed by atoms with Crippen LogP contribution in [0.15, 0.2) is 12.2 Å². The van der Waals surface area contributed by atoms with E-state index in [1.165, 1.54) is 257 Å². The van der Waals surface area contributed by atoms with Crippen molar-refractivity contribution in [3.8, 4) is 0 Å². The van der Waals surface area contributed by atoms with Gasteiger partial charge in [-0.15, -0.1) is 0 Å². The molecule has 0 saturated carbocycles. The normalized spacial score (nSPS) is 12.0. The van der Waals surface area contributed by atoms with Crippen LogP contribution in [-0.4, -0.2) is 37.2 Å². The van der Waals surface area contributed by atoms with Gasteiger partial charge in [-0.25, -0.2) is 0 Å².